The van der Waals surface area contributed by atoms with Gasteiger partial charge in [-0.1, -0.05) is 17.7 Å². The number of halogens is 1. The predicted molar refractivity (Wildman–Crippen MR) is 130 cm³/mol. The van der Waals surface area contributed by atoms with Gasteiger partial charge in [0.05, 0.1) is 6.04 Å². The summed E-state index contributed by atoms with van der Waals surface area (Å²) in [6, 6.07) is 16.8. The van der Waals surface area contributed by atoms with Crippen LogP contribution in [-0.2, 0) is 4.79 Å². The summed E-state index contributed by atoms with van der Waals surface area (Å²) in [5.74, 6) is -0.764. The van der Waals surface area contributed by atoms with E-state index in [9.17, 15) is 19.2 Å². The zero-order chi connectivity index (χ0) is 24.5. The number of carbonyl (C=O) groups excluding carboxylic acids is 3. The lowest BCUT2D eigenvalue weighted by Crippen LogP contribution is -2.47. The van der Waals surface area contributed by atoms with Crippen molar-refractivity contribution in [3.63, 3.8) is 0 Å². The fraction of sp³-hybridized carbons (Fsp3) is 0.167. The van der Waals surface area contributed by atoms with E-state index in [4.69, 9.17) is 11.6 Å². The van der Waals surface area contributed by atoms with Gasteiger partial charge in [0.2, 0.25) is 5.91 Å². The van der Waals surface area contributed by atoms with Gasteiger partial charge in [-0.15, -0.1) is 0 Å². The van der Waals surface area contributed by atoms with Crippen LogP contribution in [0.3, 0.4) is 0 Å². The van der Waals surface area contributed by atoms with E-state index in [0.29, 0.717) is 22.0 Å². The number of hydrogen-bond donors (Lipinski definition) is 4. The van der Waals surface area contributed by atoms with Crippen molar-refractivity contribution in [2.45, 2.75) is 12.5 Å². The Balaban J connectivity index is 1.68. The third-order valence-corrected chi connectivity index (χ3v) is 5.11. The molecule has 0 saturated carbocycles. The van der Waals surface area contributed by atoms with Gasteiger partial charge in [0, 0.05) is 54.2 Å². The molecule has 4 amide bonds. The van der Waals surface area contributed by atoms with Crippen molar-refractivity contribution in [3.05, 3.63) is 93.9 Å². The average Bonchev–Trinajstić information content (AvgIpc) is 2.84. The van der Waals surface area contributed by atoms with Crippen LogP contribution in [0.2, 0.25) is 5.02 Å². The summed E-state index contributed by atoms with van der Waals surface area (Å²) in [6.07, 6.45) is 1.56. The Bertz CT molecular complexity index is 1210. The highest BCUT2D eigenvalue weighted by Crippen LogP contribution is 2.14. The minimum atomic E-state index is -0.673. The van der Waals surface area contributed by atoms with Gasteiger partial charge < -0.3 is 21.3 Å². The summed E-state index contributed by atoms with van der Waals surface area (Å²) in [5.41, 5.74) is 1.33. The Kier molecular flexibility index (Phi) is 8.42. The number of nitrogens with zero attached hydrogens (tertiary/aromatic N) is 1. The van der Waals surface area contributed by atoms with Gasteiger partial charge in [-0.25, -0.2) is 4.79 Å². The predicted octanol–water partition coefficient (Wildman–Crippen LogP) is 2.55. The molecule has 0 fully saturated rings. The number of aromatic nitrogens is 1. The molecular weight excluding hydrogens is 458 g/mol. The van der Waals surface area contributed by atoms with Crippen molar-refractivity contribution in [3.8, 4) is 5.69 Å². The van der Waals surface area contributed by atoms with E-state index in [2.05, 4.69) is 21.3 Å². The molecular formula is C24H24ClN5O4. The molecule has 0 spiro atoms. The van der Waals surface area contributed by atoms with Gasteiger partial charge in [-0.05, 0) is 54.6 Å². The number of anilines is 1. The van der Waals surface area contributed by atoms with E-state index < -0.39 is 18.0 Å². The largest absolute Gasteiger partial charge is 0.347 e. The second-order valence-corrected chi connectivity index (χ2v) is 7.78. The Morgan fingerprint density at radius 1 is 0.971 bits per heavy atom. The minimum absolute atomic E-state index is 0.0386. The lowest BCUT2D eigenvalue weighted by Gasteiger charge is -2.19. The summed E-state index contributed by atoms with van der Waals surface area (Å²) in [4.78, 5) is 48.9. The van der Waals surface area contributed by atoms with Crippen LogP contribution in [0.5, 0.6) is 0 Å². The number of carbonyl (C=O) groups is 3. The van der Waals surface area contributed by atoms with Crippen LogP contribution in [0.4, 0.5) is 10.5 Å². The molecule has 3 aromatic rings. The molecule has 0 aliphatic carbocycles. The van der Waals surface area contributed by atoms with Crippen LogP contribution in [0.15, 0.2) is 77.7 Å². The molecule has 0 saturated heterocycles. The zero-order valence-corrected chi connectivity index (χ0v) is 19.1. The number of benzene rings is 2. The number of amides is 4. The van der Waals surface area contributed by atoms with E-state index in [0.717, 1.165) is 0 Å². The first-order valence-corrected chi connectivity index (χ1v) is 10.8. The second-order valence-electron chi connectivity index (χ2n) is 7.35. The molecule has 0 bridgehead atoms. The minimum Gasteiger partial charge on any atom is -0.347 e. The van der Waals surface area contributed by atoms with E-state index >= 15 is 0 Å². The molecule has 176 valence electrons. The SMILES string of the molecule is CNC(=O)NCC(CC(=O)Nc1ccc(Cl)cc1)NC(=O)c1ccc(-n2ccccc2=O)cc1. The molecule has 1 atom stereocenters. The third-order valence-electron chi connectivity index (χ3n) is 4.86. The lowest BCUT2D eigenvalue weighted by molar-refractivity contribution is -0.116. The monoisotopic (exact) mass is 481 g/mol. The molecule has 0 aliphatic rings. The van der Waals surface area contributed by atoms with Crippen LogP contribution in [0.25, 0.3) is 5.69 Å². The highest BCUT2D eigenvalue weighted by atomic mass is 35.5. The van der Waals surface area contributed by atoms with E-state index in [1.165, 1.54) is 17.7 Å². The smallest absolute Gasteiger partial charge is 0.314 e. The highest BCUT2D eigenvalue weighted by molar-refractivity contribution is 6.30. The van der Waals surface area contributed by atoms with Crippen molar-refractivity contribution >= 4 is 35.1 Å². The van der Waals surface area contributed by atoms with Crippen molar-refractivity contribution in [2.75, 3.05) is 18.9 Å². The molecule has 0 aliphatic heterocycles. The van der Waals surface area contributed by atoms with Gasteiger partial charge in [-0.3, -0.25) is 19.0 Å². The molecule has 1 unspecified atom stereocenters. The van der Waals surface area contributed by atoms with Crippen LogP contribution < -0.4 is 26.8 Å². The summed E-state index contributed by atoms with van der Waals surface area (Å²) in [6.45, 7) is 0.0386. The van der Waals surface area contributed by atoms with Crippen LogP contribution in [0.1, 0.15) is 16.8 Å². The first-order valence-electron chi connectivity index (χ1n) is 10.5. The van der Waals surface area contributed by atoms with Crippen molar-refractivity contribution < 1.29 is 14.4 Å². The molecule has 2 aromatic carbocycles. The van der Waals surface area contributed by atoms with E-state index in [1.807, 2.05) is 0 Å². The Labute approximate surface area is 201 Å². The molecule has 4 N–H and O–H groups in total. The van der Waals surface area contributed by atoms with Gasteiger partial charge in [0.1, 0.15) is 0 Å². The summed E-state index contributed by atoms with van der Waals surface area (Å²) in [5, 5.41) is 11.1. The summed E-state index contributed by atoms with van der Waals surface area (Å²) < 4.78 is 1.46. The van der Waals surface area contributed by atoms with Crippen molar-refractivity contribution in [1.29, 1.82) is 0 Å². The Hall–Kier alpha value is -4.11. The third kappa shape index (κ3) is 6.94. The molecule has 1 aromatic heterocycles. The fourth-order valence-electron chi connectivity index (χ4n) is 3.13. The lowest BCUT2D eigenvalue weighted by atomic mass is 10.1. The van der Waals surface area contributed by atoms with Gasteiger partial charge in [-0.2, -0.15) is 0 Å². The standard InChI is InChI=1S/C24H24ClN5O4/c1-26-24(34)27-15-19(14-21(31)28-18-9-7-17(25)8-10-18)29-23(33)16-5-11-20(12-6-16)30-13-3-2-4-22(30)32/h2-13,19H,14-15H2,1H3,(H,28,31)(H,29,33)(H2,26,27,34). The first-order chi connectivity index (χ1) is 16.4. The number of pyridine rings is 1. The number of rotatable bonds is 8. The second kappa shape index (κ2) is 11.7. The fourth-order valence-corrected chi connectivity index (χ4v) is 3.26. The first kappa shape index (κ1) is 24.5. The maximum absolute atomic E-state index is 12.8. The zero-order valence-electron chi connectivity index (χ0n) is 18.4. The van der Waals surface area contributed by atoms with Crippen LogP contribution in [-0.4, -0.2) is 42.0 Å². The molecule has 10 heteroatoms. The number of urea groups is 1. The van der Waals surface area contributed by atoms with Gasteiger partial charge in [0.15, 0.2) is 0 Å². The summed E-state index contributed by atoms with van der Waals surface area (Å²) >= 11 is 5.86. The van der Waals surface area contributed by atoms with Crippen LogP contribution >= 0.6 is 11.6 Å². The maximum Gasteiger partial charge on any atom is 0.314 e. The summed E-state index contributed by atoms with van der Waals surface area (Å²) in [7, 11) is 1.47. The highest BCUT2D eigenvalue weighted by Gasteiger charge is 2.19. The molecule has 3 rings (SSSR count). The Morgan fingerprint density at radius 2 is 1.68 bits per heavy atom. The molecule has 9 nitrogen and oxygen atoms in total. The molecule has 34 heavy (non-hydrogen) atoms. The van der Waals surface area contributed by atoms with Crippen molar-refractivity contribution in [2.24, 2.45) is 0 Å². The van der Waals surface area contributed by atoms with Crippen LogP contribution in [0, 0.1) is 0 Å². The van der Waals surface area contributed by atoms with Gasteiger partial charge >= 0.3 is 6.03 Å². The van der Waals surface area contributed by atoms with E-state index in [-0.39, 0.29) is 24.4 Å². The van der Waals surface area contributed by atoms with E-state index in [1.54, 1.807) is 66.9 Å². The quantitative estimate of drug-likeness (QED) is 0.395. The maximum atomic E-state index is 12.8. The Morgan fingerprint density at radius 3 is 2.32 bits per heavy atom. The normalized spacial score (nSPS) is 11.2. The molecule has 0 radical (unpaired) electrons. The van der Waals surface area contributed by atoms with Crippen molar-refractivity contribution in [1.82, 2.24) is 20.5 Å². The average molecular weight is 482 g/mol. The number of nitrogens with one attached hydrogen (secondary N) is 4. The van der Waals surface area contributed by atoms with Gasteiger partial charge in [0.25, 0.3) is 11.5 Å². The molecule has 1 heterocycles. The topological polar surface area (TPSA) is 121 Å². The number of hydrogen-bond acceptors (Lipinski definition) is 4.